The summed E-state index contributed by atoms with van der Waals surface area (Å²) in [6.45, 7) is 9.67. The van der Waals surface area contributed by atoms with Crippen molar-refractivity contribution in [3.63, 3.8) is 0 Å². The number of carbonyl (C=O) groups is 1. The predicted octanol–water partition coefficient (Wildman–Crippen LogP) is 3.06. The van der Waals surface area contributed by atoms with Crippen LogP contribution in [-0.4, -0.2) is 28.1 Å². The summed E-state index contributed by atoms with van der Waals surface area (Å²) in [4.78, 5) is 11.5. The Morgan fingerprint density at radius 1 is 1.25 bits per heavy atom. The van der Waals surface area contributed by atoms with E-state index in [9.17, 15) is 4.79 Å². The first-order valence-electron chi connectivity index (χ1n) is 5.89. The third-order valence-corrected chi connectivity index (χ3v) is 6.51. The molecule has 0 fully saturated rings. The van der Waals surface area contributed by atoms with E-state index >= 15 is 0 Å². The molecule has 0 radical (unpaired) electrons. The lowest BCUT2D eigenvalue weighted by Gasteiger charge is -2.28. The average Bonchev–Trinajstić information content (AvgIpc) is 2.25. The molecular formula is C12H24O3Si. The van der Waals surface area contributed by atoms with E-state index in [1.807, 2.05) is 0 Å². The second-order valence-electron chi connectivity index (χ2n) is 4.11. The van der Waals surface area contributed by atoms with E-state index in [0.717, 1.165) is 24.9 Å². The minimum absolute atomic E-state index is 0.0267. The van der Waals surface area contributed by atoms with Crippen LogP contribution in [0.2, 0.25) is 12.1 Å². The van der Waals surface area contributed by atoms with Crippen molar-refractivity contribution in [1.29, 1.82) is 0 Å². The summed E-state index contributed by atoms with van der Waals surface area (Å²) >= 11 is 0. The van der Waals surface area contributed by atoms with Gasteiger partial charge in [-0.15, -0.1) is 0 Å². The van der Waals surface area contributed by atoms with E-state index in [1.165, 1.54) is 0 Å². The van der Waals surface area contributed by atoms with Crippen molar-refractivity contribution >= 4 is 14.3 Å². The van der Waals surface area contributed by atoms with Crippen molar-refractivity contribution in [2.45, 2.75) is 45.7 Å². The number of rotatable bonds is 9. The highest BCUT2D eigenvalue weighted by Crippen LogP contribution is 2.22. The summed E-state index contributed by atoms with van der Waals surface area (Å²) in [5.74, 6) is -0.0267. The first-order chi connectivity index (χ1) is 7.51. The molecule has 0 N–H and O–H groups in total. The quantitative estimate of drug-likeness (QED) is 0.462. The van der Waals surface area contributed by atoms with Gasteiger partial charge in [-0.2, -0.15) is 0 Å². The highest BCUT2D eigenvalue weighted by Gasteiger charge is 2.35. The number of hydrogen-bond donors (Lipinski definition) is 0. The maximum absolute atomic E-state index is 11.5. The molecule has 0 aromatic rings. The largest absolute Gasteiger partial charge is 0.398 e. The molecule has 0 rings (SSSR count). The van der Waals surface area contributed by atoms with Crippen molar-refractivity contribution in [3.05, 3.63) is 12.2 Å². The molecule has 0 aromatic carbocycles. The van der Waals surface area contributed by atoms with Gasteiger partial charge in [0.1, 0.15) is 0 Å². The first kappa shape index (κ1) is 15.5. The molecule has 16 heavy (non-hydrogen) atoms. The fraction of sp³-hybridized carbons (Fsp3) is 0.750. The van der Waals surface area contributed by atoms with Gasteiger partial charge in [-0.25, -0.2) is 0 Å². The van der Waals surface area contributed by atoms with Gasteiger partial charge in [0, 0.05) is 7.11 Å². The second kappa shape index (κ2) is 7.76. The van der Waals surface area contributed by atoms with Gasteiger partial charge in [0.2, 0.25) is 0 Å². The molecule has 0 aliphatic rings. The smallest absolute Gasteiger partial charge is 0.338 e. The minimum atomic E-state index is -2.14. The van der Waals surface area contributed by atoms with Crippen LogP contribution in [0.25, 0.3) is 0 Å². The third kappa shape index (κ3) is 5.05. The van der Waals surface area contributed by atoms with Gasteiger partial charge in [-0.1, -0.05) is 33.3 Å². The molecule has 0 aromatic heterocycles. The van der Waals surface area contributed by atoms with Crippen LogP contribution in [0, 0.1) is 0 Å². The van der Waals surface area contributed by atoms with E-state index in [0.29, 0.717) is 5.57 Å². The molecule has 0 saturated heterocycles. The Kier molecular flexibility index (Phi) is 7.54. The highest BCUT2D eigenvalue weighted by molar-refractivity contribution is 6.67. The topological polar surface area (TPSA) is 35.5 Å². The zero-order valence-electron chi connectivity index (χ0n) is 11.0. The number of carbonyl (C=O) groups excluding carboxylic acids is 1. The van der Waals surface area contributed by atoms with Gasteiger partial charge >= 0.3 is 8.56 Å². The minimum Gasteiger partial charge on any atom is -0.398 e. The van der Waals surface area contributed by atoms with Gasteiger partial charge < -0.3 is 8.85 Å². The predicted molar refractivity (Wildman–Crippen MR) is 68.7 cm³/mol. The van der Waals surface area contributed by atoms with Crippen LogP contribution < -0.4 is 0 Å². The summed E-state index contributed by atoms with van der Waals surface area (Å²) in [6, 6.07) is 1.89. The van der Waals surface area contributed by atoms with Crippen LogP contribution in [0.15, 0.2) is 12.2 Å². The standard InChI is InChI=1S/C12H24O3Si/c1-6-8-16(14-5,9-7-2)15-10-12(13)11(3)4/h3,6-10H2,1-2,4-5H3. The molecule has 0 saturated carbocycles. The van der Waals surface area contributed by atoms with Crippen LogP contribution in [-0.2, 0) is 13.6 Å². The Balaban J connectivity index is 4.40. The van der Waals surface area contributed by atoms with Crippen LogP contribution in [0.4, 0.5) is 0 Å². The van der Waals surface area contributed by atoms with Gasteiger partial charge in [0.05, 0.1) is 6.61 Å². The fourth-order valence-electron chi connectivity index (χ4n) is 1.61. The van der Waals surface area contributed by atoms with Gasteiger partial charge in [0.15, 0.2) is 5.78 Å². The maximum Gasteiger partial charge on any atom is 0.338 e. The lowest BCUT2D eigenvalue weighted by Crippen LogP contribution is -2.42. The molecule has 0 aliphatic heterocycles. The van der Waals surface area contributed by atoms with E-state index in [2.05, 4.69) is 20.4 Å². The molecule has 0 bridgehead atoms. The van der Waals surface area contributed by atoms with Gasteiger partial charge in [-0.3, -0.25) is 4.79 Å². The van der Waals surface area contributed by atoms with Crippen molar-refractivity contribution in [2.75, 3.05) is 13.7 Å². The lowest BCUT2D eigenvalue weighted by molar-refractivity contribution is -0.118. The van der Waals surface area contributed by atoms with E-state index in [-0.39, 0.29) is 12.4 Å². The van der Waals surface area contributed by atoms with Crippen molar-refractivity contribution < 1.29 is 13.6 Å². The average molecular weight is 244 g/mol. The SMILES string of the molecule is C=C(C)C(=O)CO[Si](CCC)(CCC)OC. The Morgan fingerprint density at radius 2 is 1.75 bits per heavy atom. The lowest BCUT2D eigenvalue weighted by atomic mass is 10.2. The molecule has 0 unspecified atom stereocenters. The first-order valence-corrected chi connectivity index (χ1v) is 8.12. The molecule has 0 heterocycles. The van der Waals surface area contributed by atoms with E-state index < -0.39 is 8.56 Å². The normalized spacial score (nSPS) is 11.5. The molecular weight excluding hydrogens is 220 g/mol. The van der Waals surface area contributed by atoms with E-state index in [4.69, 9.17) is 8.85 Å². The van der Waals surface area contributed by atoms with Crippen LogP contribution >= 0.6 is 0 Å². The number of ketones is 1. The molecule has 0 amide bonds. The zero-order chi connectivity index (χ0) is 12.6. The Morgan fingerprint density at radius 3 is 2.06 bits per heavy atom. The number of hydrogen-bond acceptors (Lipinski definition) is 3. The summed E-state index contributed by atoms with van der Waals surface area (Å²) in [7, 11) is -0.443. The summed E-state index contributed by atoms with van der Waals surface area (Å²) in [5.41, 5.74) is 0.548. The Bertz CT molecular complexity index is 232. The molecule has 4 heteroatoms. The van der Waals surface area contributed by atoms with Crippen LogP contribution in [0.5, 0.6) is 0 Å². The third-order valence-electron chi connectivity index (χ3n) is 2.58. The van der Waals surface area contributed by atoms with Crippen molar-refractivity contribution in [3.8, 4) is 0 Å². The highest BCUT2D eigenvalue weighted by atomic mass is 28.4. The summed E-state index contributed by atoms with van der Waals surface area (Å²) in [6.07, 6.45) is 2.06. The molecule has 3 nitrogen and oxygen atoms in total. The van der Waals surface area contributed by atoms with Crippen molar-refractivity contribution in [1.82, 2.24) is 0 Å². The Labute approximate surface area is 100 Å². The summed E-state index contributed by atoms with van der Waals surface area (Å²) in [5, 5.41) is 0. The van der Waals surface area contributed by atoms with E-state index in [1.54, 1.807) is 14.0 Å². The van der Waals surface area contributed by atoms with Crippen molar-refractivity contribution in [2.24, 2.45) is 0 Å². The monoisotopic (exact) mass is 244 g/mol. The van der Waals surface area contributed by atoms with Gasteiger partial charge in [-0.05, 0) is 24.6 Å². The number of Topliss-reactive ketones (excluding diaryl/α,β-unsaturated/α-hetero) is 1. The maximum atomic E-state index is 11.5. The molecule has 0 aliphatic carbocycles. The van der Waals surface area contributed by atoms with Crippen LogP contribution in [0.3, 0.4) is 0 Å². The zero-order valence-corrected chi connectivity index (χ0v) is 12.0. The molecule has 0 atom stereocenters. The Hall–Kier alpha value is -0.453. The van der Waals surface area contributed by atoms with Gasteiger partial charge in [0.25, 0.3) is 0 Å². The second-order valence-corrected chi connectivity index (χ2v) is 7.63. The molecule has 0 spiro atoms. The molecule has 94 valence electrons. The van der Waals surface area contributed by atoms with Crippen LogP contribution in [0.1, 0.15) is 33.6 Å². The summed E-state index contributed by atoms with van der Waals surface area (Å²) < 4.78 is 11.4. The fourth-order valence-corrected chi connectivity index (χ4v) is 4.60.